The Balaban J connectivity index is 1.63. The molecule has 0 aliphatic carbocycles. The molecule has 0 atom stereocenters. The van der Waals surface area contributed by atoms with Crippen molar-refractivity contribution in [2.24, 2.45) is 5.73 Å². The van der Waals surface area contributed by atoms with E-state index in [9.17, 15) is 0 Å². The average Bonchev–Trinajstić information content (AvgIpc) is 2.96. The van der Waals surface area contributed by atoms with Crippen molar-refractivity contribution >= 4 is 45.5 Å². The molecule has 0 saturated heterocycles. The van der Waals surface area contributed by atoms with Crippen LogP contribution in [0.4, 0.5) is 11.4 Å². The van der Waals surface area contributed by atoms with Crippen LogP contribution < -0.4 is 11.1 Å². The lowest BCUT2D eigenvalue weighted by molar-refractivity contribution is 0.259. The Kier molecular flexibility index (Phi) is 4.61. The van der Waals surface area contributed by atoms with Crippen molar-refractivity contribution in [3.8, 4) is 0 Å². The molecule has 2 aromatic carbocycles. The molecule has 4 N–H and O–H groups in total. The Bertz CT molecular complexity index is 919. The lowest BCUT2D eigenvalue weighted by Gasteiger charge is -2.26. The molecule has 0 spiro atoms. The molecule has 6 heteroatoms. The van der Waals surface area contributed by atoms with Gasteiger partial charge in [0.2, 0.25) is 0 Å². The fourth-order valence-electron chi connectivity index (χ4n) is 3.49. The molecule has 3 aromatic rings. The normalized spacial score (nSPS) is 14.7. The van der Waals surface area contributed by atoms with Crippen LogP contribution in [0.15, 0.2) is 36.4 Å². The molecular weight excluding hydrogens is 355 g/mol. The summed E-state index contributed by atoms with van der Waals surface area (Å²) < 4.78 is 0. The fourth-order valence-corrected chi connectivity index (χ4v) is 3.79. The third-order valence-electron chi connectivity index (χ3n) is 4.71. The summed E-state index contributed by atoms with van der Waals surface area (Å²) in [5.74, 6) is 0. The summed E-state index contributed by atoms with van der Waals surface area (Å²) in [7, 11) is 0. The van der Waals surface area contributed by atoms with Crippen molar-refractivity contribution < 1.29 is 0 Å². The number of H-pyrrole nitrogens is 1. The Labute approximate surface area is 156 Å². The van der Waals surface area contributed by atoms with E-state index < -0.39 is 0 Å². The summed E-state index contributed by atoms with van der Waals surface area (Å²) in [6, 6.07) is 12.0. The molecule has 4 rings (SSSR count). The minimum Gasteiger partial charge on any atom is -0.357 e. The SMILES string of the molecule is NCCN1CCc2c([nH]c3ccc(Nc4ccc(Cl)c(Cl)c4)cc23)C1. The van der Waals surface area contributed by atoms with E-state index in [1.165, 1.54) is 22.2 Å². The van der Waals surface area contributed by atoms with Crippen molar-refractivity contribution in [3.63, 3.8) is 0 Å². The third-order valence-corrected chi connectivity index (χ3v) is 5.45. The molecule has 1 aromatic heterocycles. The van der Waals surface area contributed by atoms with Gasteiger partial charge in [-0.05, 0) is 48.4 Å². The quantitative estimate of drug-likeness (QED) is 0.628. The van der Waals surface area contributed by atoms with Gasteiger partial charge >= 0.3 is 0 Å². The highest BCUT2D eigenvalue weighted by atomic mass is 35.5. The van der Waals surface area contributed by atoms with Gasteiger partial charge in [-0.3, -0.25) is 4.90 Å². The molecule has 0 unspecified atom stereocenters. The monoisotopic (exact) mass is 374 g/mol. The molecule has 0 amide bonds. The molecular formula is C19H20Cl2N4. The zero-order valence-electron chi connectivity index (χ0n) is 13.8. The number of rotatable bonds is 4. The Hall–Kier alpha value is -1.72. The van der Waals surface area contributed by atoms with Crippen molar-refractivity contribution in [2.75, 3.05) is 25.0 Å². The summed E-state index contributed by atoms with van der Waals surface area (Å²) in [6.07, 6.45) is 1.05. The predicted molar refractivity (Wildman–Crippen MR) is 106 cm³/mol. The number of hydrogen-bond acceptors (Lipinski definition) is 3. The van der Waals surface area contributed by atoms with Gasteiger partial charge in [0.25, 0.3) is 0 Å². The van der Waals surface area contributed by atoms with E-state index in [-0.39, 0.29) is 0 Å². The molecule has 4 nitrogen and oxygen atoms in total. The van der Waals surface area contributed by atoms with Crippen molar-refractivity contribution in [1.82, 2.24) is 9.88 Å². The molecule has 2 heterocycles. The van der Waals surface area contributed by atoms with Gasteiger partial charge in [-0.2, -0.15) is 0 Å². The van der Waals surface area contributed by atoms with E-state index in [0.29, 0.717) is 16.6 Å². The fraction of sp³-hybridized carbons (Fsp3) is 0.263. The van der Waals surface area contributed by atoms with Gasteiger partial charge < -0.3 is 16.0 Å². The largest absolute Gasteiger partial charge is 0.357 e. The number of hydrogen-bond donors (Lipinski definition) is 3. The summed E-state index contributed by atoms with van der Waals surface area (Å²) in [6.45, 7) is 3.64. The summed E-state index contributed by atoms with van der Waals surface area (Å²) >= 11 is 12.1. The number of nitrogens with one attached hydrogen (secondary N) is 2. The zero-order valence-corrected chi connectivity index (χ0v) is 15.3. The lowest BCUT2D eigenvalue weighted by Crippen LogP contribution is -2.34. The highest BCUT2D eigenvalue weighted by Crippen LogP contribution is 2.31. The number of benzene rings is 2. The maximum Gasteiger partial charge on any atom is 0.0612 e. The zero-order chi connectivity index (χ0) is 17.4. The number of halogens is 2. The molecule has 0 saturated carbocycles. The minimum absolute atomic E-state index is 0.548. The average molecular weight is 375 g/mol. The van der Waals surface area contributed by atoms with Crippen molar-refractivity contribution in [2.45, 2.75) is 13.0 Å². The van der Waals surface area contributed by atoms with Crippen LogP contribution in [0, 0.1) is 0 Å². The molecule has 1 aliphatic rings. The molecule has 0 radical (unpaired) electrons. The number of fused-ring (bicyclic) bond motifs is 3. The maximum atomic E-state index is 6.10. The van der Waals surface area contributed by atoms with E-state index in [0.717, 1.165) is 37.4 Å². The number of nitrogens with zero attached hydrogens (tertiary/aromatic N) is 1. The summed E-state index contributed by atoms with van der Waals surface area (Å²) in [5.41, 5.74) is 11.6. The molecule has 130 valence electrons. The second-order valence-corrected chi connectivity index (χ2v) is 7.23. The first-order valence-electron chi connectivity index (χ1n) is 8.42. The topological polar surface area (TPSA) is 57.1 Å². The minimum atomic E-state index is 0.548. The van der Waals surface area contributed by atoms with E-state index >= 15 is 0 Å². The van der Waals surface area contributed by atoms with Crippen LogP contribution >= 0.6 is 23.2 Å². The summed E-state index contributed by atoms with van der Waals surface area (Å²) in [5, 5.41) is 5.80. The second kappa shape index (κ2) is 6.89. The van der Waals surface area contributed by atoms with Gasteiger partial charge in [0.05, 0.1) is 10.0 Å². The van der Waals surface area contributed by atoms with Gasteiger partial charge in [-0.1, -0.05) is 23.2 Å². The first kappa shape index (κ1) is 16.7. The Morgan fingerprint density at radius 3 is 2.68 bits per heavy atom. The van der Waals surface area contributed by atoms with E-state index in [1.54, 1.807) is 6.07 Å². The van der Waals surface area contributed by atoms with Crippen LogP contribution in [0.2, 0.25) is 10.0 Å². The maximum absolute atomic E-state index is 6.10. The Morgan fingerprint density at radius 1 is 1.08 bits per heavy atom. The summed E-state index contributed by atoms with van der Waals surface area (Å²) in [4.78, 5) is 5.96. The van der Waals surface area contributed by atoms with E-state index in [1.807, 2.05) is 12.1 Å². The van der Waals surface area contributed by atoms with Gasteiger partial charge in [-0.15, -0.1) is 0 Å². The van der Waals surface area contributed by atoms with Crippen LogP contribution in [0.3, 0.4) is 0 Å². The van der Waals surface area contributed by atoms with Crippen LogP contribution in [-0.2, 0) is 13.0 Å². The van der Waals surface area contributed by atoms with Gasteiger partial charge in [0, 0.05) is 54.2 Å². The van der Waals surface area contributed by atoms with Gasteiger partial charge in [0.15, 0.2) is 0 Å². The third kappa shape index (κ3) is 3.35. The van der Waals surface area contributed by atoms with Crippen LogP contribution in [-0.4, -0.2) is 29.5 Å². The van der Waals surface area contributed by atoms with Crippen molar-refractivity contribution in [3.05, 3.63) is 57.7 Å². The lowest BCUT2D eigenvalue weighted by atomic mass is 10.0. The van der Waals surface area contributed by atoms with Crippen LogP contribution in [0.1, 0.15) is 11.3 Å². The number of nitrogens with two attached hydrogens (primary N) is 1. The molecule has 0 fully saturated rings. The molecule has 1 aliphatic heterocycles. The Morgan fingerprint density at radius 2 is 1.88 bits per heavy atom. The second-order valence-electron chi connectivity index (χ2n) is 6.41. The highest BCUT2D eigenvalue weighted by Gasteiger charge is 2.20. The smallest absolute Gasteiger partial charge is 0.0612 e. The molecule has 0 bridgehead atoms. The highest BCUT2D eigenvalue weighted by molar-refractivity contribution is 6.42. The first-order chi connectivity index (χ1) is 12.1. The van der Waals surface area contributed by atoms with Crippen molar-refractivity contribution in [1.29, 1.82) is 0 Å². The van der Waals surface area contributed by atoms with E-state index in [2.05, 4.69) is 33.4 Å². The van der Waals surface area contributed by atoms with Crippen LogP contribution in [0.25, 0.3) is 10.9 Å². The first-order valence-corrected chi connectivity index (χ1v) is 9.17. The van der Waals surface area contributed by atoms with Crippen LogP contribution in [0.5, 0.6) is 0 Å². The number of aromatic amines is 1. The molecule has 25 heavy (non-hydrogen) atoms. The van der Waals surface area contributed by atoms with E-state index in [4.69, 9.17) is 28.9 Å². The van der Waals surface area contributed by atoms with Gasteiger partial charge in [-0.25, -0.2) is 0 Å². The standard InChI is InChI=1S/C19H20Cl2N4/c20-16-3-1-13(10-17(16)21)23-12-2-4-18-15(9-12)14-5-7-25(8-6-22)11-19(14)24-18/h1-4,9-10,23-24H,5-8,11,22H2. The number of anilines is 2. The number of aromatic nitrogens is 1. The van der Waals surface area contributed by atoms with Gasteiger partial charge in [0.1, 0.15) is 0 Å². The predicted octanol–water partition coefficient (Wildman–Crippen LogP) is 4.54.